The zero-order valence-corrected chi connectivity index (χ0v) is 10.6. The number of aromatic hydroxyl groups is 1. The van der Waals surface area contributed by atoms with Crippen LogP contribution in [0.2, 0.25) is 5.15 Å². The Morgan fingerprint density at radius 2 is 1.93 bits per heavy atom. The molecule has 2 aromatic rings. The summed E-state index contributed by atoms with van der Waals surface area (Å²) in [5.74, 6) is 0. The second-order valence-electron chi connectivity index (χ2n) is 2.60. The Balaban J connectivity index is 2.94. The zero-order valence-electron chi connectivity index (χ0n) is 6.63. The van der Waals surface area contributed by atoms with Crippen molar-refractivity contribution in [1.82, 2.24) is 9.97 Å². The van der Waals surface area contributed by atoms with Crippen molar-refractivity contribution in [2.75, 3.05) is 0 Å². The molecule has 1 N–H and O–H groups in total. The van der Waals surface area contributed by atoms with Gasteiger partial charge in [-0.25, -0.2) is 0 Å². The van der Waals surface area contributed by atoms with E-state index < -0.39 is 0 Å². The Morgan fingerprint density at radius 1 is 1.21 bits per heavy atom. The number of hydrogen-bond donors (Lipinski definition) is 1. The van der Waals surface area contributed by atoms with Gasteiger partial charge >= 0.3 is 6.01 Å². The molecular weight excluding hydrogens is 335 g/mol. The molecular formula is C8H3Br2ClN2O. The van der Waals surface area contributed by atoms with Crippen molar-refractivity contribution in [3.05, 3.63) is 26.2 Å². The van der Waals surface area contributed by atoms with Crippen molar-refractivity contribution in [2.24, 2.45) is 0 Å². The highest BCUT2D eigenvalue weighted by molar-refractivity contribution is 9.11. The monoisotopic (exact) mass is 336 g/mol. The van der Waals surface area contributed by atoms with E-state index in [1.165, 1.54) is 0 Å². The van der Waals surface area contributed by atoms with Gasteiger partial charge in [0, 0.05) is 8.95 Å². The van der Waals surface area contributed by atoms with Crippen molar-refractivity contribution in [2.45, 2.75) is 0 Å². The van der Waals surface area contributed by atoms with Crippen LogP contribution in [0.1, 0.15) is 0 Å². The maximum absolute atomic E-state index is 9.16. The second-order valence-corrected chi connectivity index (χ2v) is 4.72. The molecule has 1 aromatic heterocycles. The smallest absolute Gasteiger partial charge is 0.315 e. The van der Waals surface area contributed by atoms with Gasteiger partial charge in [0.25, 0.3) is 0 Å². The van der Waals surface area contributed by atoms with Crippen molar-refractivity contribution in [3.63, 3.8) is 0 Å². The fraction of sp³-hybridized carbons (Fsp3) is 0. The van der Waals surface area contributed by atoms with Crippen LogP contribution in [0.3, 0.4) is 0 Å². The number of halogens is 3. The molecule has 72 valence electrons. The van der Waals surface area contributed by atoms with Crippen LogP contribution in [0.15, 0.2) is 21.1 Å². The topological polar surface area (TPSA) is 46.0 Å². The highest BCUT2D eigenvalue weighted by atomic mass is 79.9. The Hall–Kier alpha value is -0.390. The molecule has 2 rings (SSSR count). The lowest BCUT2D eigenvalue weighted by molar-refractivity contribution is 0.433. The Bertz CT molecular complexity index is 475. The van der Waals surface area contributed by atoms with Crippen molar-refractivity contribution in [1.29, 1.82) is 0 Å². The van der Waals surface area contributed by atoms with Gasteiger partial charge in [0.2, 0.25) is 0 Å². The first-order valence-corrected chi connectivity index (χ1v) is 5.55. The van der Waals surface area contributed by atoms with Crippen molar-refractivity contribution < 1.29 is 5.11 Å². The largest absolute Gasteiger partial charge is 0.479 e. The maximum atomic E-state index is 9.16. The highest BCUT2D eigenvalue weighted by Gasteiger charge is 2.09. The van der Waals surface area contributed by atoms with Crippen molar-refractivity contribution in [3.8, 4) is 6.01 Å². The van der Waals surface area contributed by atoms with Crippen LogP contribution in [-0.4, -0.2) is 15.1 Å². The van der Waals surface area contributed by atoms with Crippen LogP contribution in [0.4, 0.5) is 0 Å². The van der Waals surface area contributed by atoms with Gasteiger partial charge in [0.05, 0.1) is 10.9 Å². The second kappa shape index (κ2) is 3.64. The minimum absolute atomic E-state index is 0.229. The molecule has 0 radical (unpaired) electrons. The van der Waals surface area contributed by atoms with E-state index in [2.05, 4.69) is 41.8 Å². The number of hydrogen-bond acceptors (Lipinski definition) is 3. The third kappa shape index (κ3) is 1.71. The van der Waals surface area contributed by atoms with Crippen LogP contribution in [0.5, 0.6) is 6.01 Å². The van der Waals surface area contributed by atoms with E-state index in [1.807, 2.05) is 6.07 Å². The first-order chi connectivity index (χ1) is 6.58. The van der Waals surface area contributed by atoms with E-state index in [4.69, 9.17) is 16.7 Å². The van der Waals surface area contributed by atoms with E-state index in [9.17, 15) is 0 Å². The zero-order chi connectivity index (χ0) is 10.3. The van der Waals surface area contributed by atoms with Gasteiger partial charge in [-0.05, 0) is 28.1 Å². The van der Waals surface area contributed by atoms with Gasteiger partial charge in [-0.15, -0.1) is 0 Å². The normalized spacial score (nSPS) is 10.8. The predicted molar refractivity (Wildman–Crippen MR) is 61.6 cm³/mol. The van der Waals surface area contributed by atoms with E-state index in [-0.39, 0.29) is 11.2 Å². The lowest BCUT2D eigenvalue weighted by Gasteiger charge is -2.03. The molecule has 0 saturated heterocycles. The fourth-order valence-corrected chi connectivity index (χ4v) is 2.91. The summed E-state index contributed by atoms with van der Waals surface area (Å²) in [5.41, 5.74) is 0.587. The van der Waals surface area contributed by atoms with E-state index in [0.29, 0.717) is 10.9 Å². The molecule has 0 amide bonds. The third-order valence-electron chi connectivity index (χ3n) is 1.66. The number of aromatic nitrogens is 2. The molecule has 0 saturated carbocycles. The molecule has 0 aliphatic carbocycles. The molecule has 0 unspecified atom stereocenters. The summed E-state index contributed by atoms with van der Waals surface area (Å²) in [5, 5.41) is 10.1. The number of rotatable bonds is 0. The van der Waals surface area contributed by atoms with E-state index in [0.717, 1.165) is 8.95 Å². The van der Waals surface area contributed by atoms with Gasteiger partial charge < -0.3 is 5.11 Å². The minimum Gasteiger partial charge on any atom is -0.479 e. The van der Waals surface area contributed by atoms with E-state index >= 15 is 0 Å². The molecule has 0 bridgehead atoms. The molecule has 0 spiro atoms. The Morgan fingerprint density at radius 3 is 2.64 bits per heavy atom. The summed E-state index contributed by atoms with van der Waals surface area (Å²) in [6.07, 6.45) is 0. The summed E-state index contributed by atoms with van der Waals surface area (Å²) in [6.45, 7) is 0. The summed E-state index contributed by atoms with van der Waals surface area (Å²) in [4.78, 5) is 7.51. The van der Waals surface area contributed by atoms with Crippen LogP contribution in [0.25, 0.3) is 10.9 Å². The summed E-state index contributed by atoms with van der Waals surface area (Å²) >= 11 is 12.5. The number of fused-ring (bicyclic) bond motifs is 1. The average molecular weight is 338 g/mol. The van der Waals surface area contributed by atoms with Gasteiger partial charge in [-0.1, -0.05) is 27.5 Å². The van der Waals surface area contributed by atoms with Gasteiger partial charge in [-0.3, -0.25) is 0 Å². The Labute approximate surface area is 101 Å². The van der Waals surface area contributed by atoms with Crippen LogP contribution >= 0.6 is 43.5 Å². The molecule has 14 heavy (non-hydrogen) atoms. The molecule has 0 aliphatic rings. The molecule has 6 heteroatoms. The average Bonchev–Trinajstić information content (AvgIpc) is 1.99. The SMILES string of the molecule is Oc1nc(Cl)c2c(Br)cc(Br)cc2n1. The fourth-order valence-electron chi connectivity index (χ4n) is 1.13. The summed E-state index contributed by atoms with van der Waals surface area (Å²) in [7, 11) is 0. The van der Waals surface area contributed by atoms with Crippen LogP contribution in [0, 0.1) is 0 Å². The minimum atomic E-state index is -0.326. The van der Waals surface area contributed by atoms with Crippen LogP contribution < -0.4 is 0 Å². The predicted octanol–water partition coefficient (Wildman–Crippen LogP) is 3.51. The molecule has 3 nitrogen and oxygen atoms in total. The lowest BCUT2D eigenvalue weighted by Crippen LogP contribution is -1.87. The van der Waals surface area contributed by atoms with Gasteiger partial charge in [-0.2, -0.15) is 9.97 Å². The van der Waals surface area contributed by atoms with Gasteiger partial charge in [0.1, 0.15) is 5.15 Å². The molecule has 1 heterocycles. The summed E-state index contributed by atoms with van der Waals surface area (Å²) < 4.78 is 1.64. The lowest BCUT2D eigenvalue weighted by atomic mass is 10.2. The first-order valence-electron chi connectivity index (χ1n) is 3.59. The van der Waals surface area contributed by atoms with Crippen molar-refractivity contribution >= 4 is 54.4 Å². The number of nitrogens with zero attached hydrogens (tertiary/aromatic N) is 2. The van der Waals surface area contributed by atoms with Crippen LogP contribution in [-0.2, 0) is 0 Å². The van der Waals surface area contributed by atoms with E-state index in [1.54, 1.807) is 6.07 Å². The Kier molecular flexibility index (Phi) is 2.64. The third-order valence-corrected chi connectivity index (χ3v) is 3.02. The standard InChI is InChI=1S/C8H3Br2ClN2O/c9-3-1-4(10)6-5(2-3)12-8(14)13-7(6)11/h1-2H,(H,12,13,14). The summed E-state index contributed by atoms with van der Waals surface area (Å²) in [6, 6.07) is 3.27. The molecule has 0 atom stereocenters. The maximum Gasteiger partial charge on any atom is 0.315 e. The molecule has 1 aromatic carbocycles. The molecule has 0 aliphatic heterocycles. The highest BCUT2D eigenvalue weighted by Crippen LogP contribution is 2.32. The quantitative estimate of drug-likeness (QED) is 0.748. The number of benzene rings is 1. The molecule has 0 fully saturated rings. The van der Waals surface area contributed by atoms with Gasteiger partial charge in [0.15, 0.2) is 0 Å². The first kappa shape index (κ1) is 10.1.